The summed E-state index contributed by atoms with van der Waals surface area (Å²) in [7, 11) is 0. The molecule has 0 aliphatic carbocycles. The average Bonchev–Trinajstić information content (AvgIpc) is 3.47. The minimum atomic E-state index is -0.636. The summed E-state index contributed by atoms with van der Waals surface area (Å²) < 4.78 is 13.9. The molecule has 1 unspecified atom stereocenters. The normalized spacial score (nSPS) is 13.9. The number of hydrogen-bond acceptors (Lipinski definition) is 7. The zero-order chi connectivity index (χ0) is 32.9. The number of halogens is 3. The summed E-state index contributed by atoms with van der Waals surface area (Å²) in [5, 5.41) is 13.4. The predicted octanol–water partition coefficient (Wildman–Crippen LogP) is 9.44. The van der Waals surface area contributed by atoms with Crippen molar-refractivity contribution in [2.75, 3.05) is 17.2 Å². The highest BCUT2D eigenvalue weighted by molar-refractivity contribution is 7.98. The van der Waals surface area contributed by atoms with Gasteiger partial charge in [-0.3, -0.25) is 4.79 Å². The molecule has 5 aromatic rings. The maximum absolute atomic E-state index is 14.0. The van der Waals surface area contributed by atoms with Gasteiger partial charge in [-0.1, -0.05) is 95.1 Å². The summed E-state index contributed by atoms with van der Waals surface area (Å²) in [4.78, 5) is 18.7. The lowest BCUT2D eigenvalue weighted by Crippen LogP contribution is -2.31. The summed E-state index contributed by atoms with van der Waals surface area (Å²) in [6.45, 7) is 4.30. The number of benzene rings is 4. The Morgan fingerprint density at radius 1 is 0.915 bits per heavy atom. The molecule has 0 saturated heterocycles. The predicted molar refractivity (Wildman–Crippen MR) is 189 cm³/mol. The van der Waals surface area contributed by atoms with E-state index in [0.29, 0.717) is 72.6 Å². The second kappa shape index (κ2) is 14.7. The van der Waals surface area contributed by atoms with E-state index in [-0.39, 0.29) is 12.5 Å². The Morgan fingerprint density at radius 2 is 1.64 bits per heavy atom. The quantitative estimate of drug-likeness (QED) is 0.132. The third kappa shape index (κ3) is 7.39. The van der Waals surface area contributed by atoms with Crippen molar-refractivity contribution in [1.82, 2.24) is 14.8 Å². The van der Waals surface area contributed by atoms with Crippen LogP contribution in [0.3, 0.4) is 0 Å². The van der Waals surface area contributed by atoms with E-state index in [1.54, 1.807) is 22.9 Å². The number of nitrogens with zero attached hydrogens (tertiary/aromatic N) is 3. The van der Waals surface area contributed by atoms with Crippen molar-refractivity contribution < 1.29 is 14.3 Å². The Hall–Kier alpha value is -4.15. The molecule has 12 heteroatoms. The van der Waals surface area contributed by atoms with Gasteiger partial charge in [0, 0.05) is 37.8 Å². The molecular weight excluding hydrogens is 677 g/mol. The van der Waals surface area contributed by atoms with E-state index >= 15 is 0 Å². The van der Waals surface area contributed by atoms with Crippen LogP contribution in [0.15, 0.2) is 107 Å². The monoisotopic (exact) mass is 705 g/mol. The molecule has 0 bridgehead atoms. The van der Waals surface area contributed by atoms with E-state index < -0.39 is 6.04 Å². The van der Waals surface area contributed by atoms with Gasteiger partial charge in [0.2, 0.25) is 11.1 Å². The third-order valence-electron chi connectivity index (χ3n) is 7.44. The summed E-state index contributed by atoms with van der Waals surface area (Å²) in [6, 6.07) is 27.3. The Labute approximate surface area is 292 Å². The minimum Gasteiger partial charge on any atom is -0.490 e. The van der Waals surface area contributed by atoms with E-state index in [4.69, 9.17) is 54.4 Å². The molecule has 1 aliphatic heterocycles. The smallest absolute Gasteiger partial charge is 0.255 e. The molecule has 8 nitrogen and oxygen atoms in total. The number of allylic oxidation sites excluding steroid dienone is 1. The summed E-state index contributed by atoms with van der Waals surface area (Å²) >= 11 is 20.6. The summed E-state index contributed by atoms with van der Waals surface area (Å²) in [6.07, 6.45) is 0. The highest BCUT2D eigenvalue weighted by Crippen LogP contribution is 2.41. The van der Waals surface area contributed by atoms with Gasteiger partial charge >= 0.3 is 0 Å². The number of carbonyl (C=O) groups excluding carboxylic acids is 1. The van der Waals surface area contributed by atoms with E-state index in [9.17, 15) is 4.79 Å². The van der Waals surface area contributed by atoms with E-state index in [1.165, 1.54) is 11.8 Å². The zero-order valence-electron chi connectivity index (χ0n) is 25.5. The van der Waals surface area contributed by atoms with Crippen molar-refractivity contribution in [3.8, 4) is 11.5 Å². The SMILES string of the molecule is CCOc1cc(C2C(C(=O)Nc3ccccc3)=C(C)Nc3nc(SCc4ccccc4Cl)nn32)ccc1OCc1c(Cl)cccc1Cl. The molecule has 2 heterocycles. The number of aromatic nitrogens is 3. The minimum absolute atomic E-state index is 0.147. The lowest BCUT2D eigenvalue weighted by atomic mass is 9.94. The largest absolute Gasteiger partial charge is 0.490 e. The number of rotatable bonds is 11. The molecular formula is C35H30Cl3N5O3S. The molecule has 6 rings (SSSR count). The first-order valence-electron chi connectivity index (χ1n) is 14.8. The van der Waals surface area contributed by atoms with Crippen LogP contribution in [-0.2, 0) is 17.2 Å². The summed E-state index contributed by atoms with van der Waals surface area (Å²) in [5.74, 6) is 1.83. The maximum atomic E-state index is 14.0. The fraction of sp³-hybridized carbons (Fsp3) is 0.171. The molecule has 1 atom stereocenters. The Kier molecular flexibility index (Phi) is 10.3. The first-order valence-corrected chi connectivity index (χ1v) is 16.9. The van der Waals surface area contributed by atoms with Gasteiger partial charge in [0.25, 0.3) is 5.91 Å². The Balaban J connectivity index is 1.36. The van der Waals surface area contributed by atoms with Gasteiger partial charge in [-0.15, -0.1) is 5.10 Å². The molecule has 1 amide bonds. The number of hydrogen-bond donors (Lipinski definition) is 2. The van der Waals surface area contributed by atoms with Crippen molar-refractivity contribution in [2.24, 2.45) is 0 Å². The first-order chi connectivity index (χ1) is 22.8. The van der Waals surface area contributed by atoms with Crippen LogP contribution < -0.4 is 20.1 Å². The second-order valence-electron chi connectivity index (χ2n) is 10.6. The van der Waals surface area contributed by atoms with Crippen LogP contribution in [0.1, 0.15) is 36.6 Å². The Morgan fingerprint density at radius 3 is 2.38 bits per heavy atom. The van der Waals surface area contributed by atoms with E-state index in [0.717, 1.165) is 11.1 Å². The van der Waals surface area contributed by atoms with Crippen molar-refractivity contribution >= 4 is 64.1 Å². The standard InChI is InChI=1S/C35H30Cl3N5O3S/c1-3-45-30-18-22(16-17-29(30)46-19-25-27(37)14-9-15-28(25)38)32-31(33(44)40-24-11-5-4-6-12-24)21(2)39-34-41-35(42-43(32)34)47-20-23-10-7-8-13-26(23)36/h4-18,32H,3,19-20H2,1-2H3,(H,40,44)(H,39,41,42). The van der Waals surface area contributed by atoms with Gasteiger partial charge in [-0.25, -0.2) is 4.68 Å². The average molecular weight is 707 g/mol. The highest BCUT2D eigenvalue weighted by atomic mass is 35.5. The molecule has 47 heavy (non-hydrogen) atoms. The molecule has 1 aliphatic rings. The molecule has 0 spiro atoms. The van der Waals surface area contributed by atoms with Crippen molar-refractivity contribution in [3.05, 3.63) is 134 Å². The first kappa shape index (κ1) is 32.8. The fourth-order valence-corrected chi connectivity index (χ4v) is 6.80. The van der Waals surface area contributed by atoms with E-state index in [2.05, 4.69) is 10.6 Å². The number of nitrogens with one attached hydrogen (secondary N) is 2. The van der Waals surface area contributed by atoms with Gasteiger partial charge in [-0.2, -0.15) is 4.98 Å². The van der Waals surface area contributed by atoms with Gasteiger partial charge in [0.1, 0.15) is 12.6 Å². The van der Waals surface area contributed by atoms with Crippen molar-refractivity contribution in [2.45, 2.75) is 37.4 Å². The van der Waals surface area contributed by atoms with Crippen LogP contribution in [-0.4, -0.2) is 27.3 Å². The van der Waals surface area contributed by atoms with Crippen LogP contribution in [0, 0.1) is 0 Å². The number of fused-ring (bicyclic) bond motifs is 1. The number of carbonyl (C=O) groups is 1. The molecule has 240 valence electrons. The molecule has 2 N–H and O–H groups in total. The summed E-state index contributed by atoms with van der Waals surface area (Å²) in [5.41, 5.74) is 4.21. The van der Waals surface area contributed by atoms with Crippen LogP contribution in [0.2, 0.25) is 15.1 Å². The lowest BCUT2D eigenvalue weighted by molar-refractivity contribution is -0.113. The van der Waals surface area contributed by atoms with Gasteiger partial charge in [-0.05, 0) is 67.4 Å². The topological polar surface area (TPSA) is 90.3 Å². The molecule has 4 aromatic carbocycles. The number of amides is 1. The van der Waals surface area contributed by atoms with Gasteiger partial charge in [0.15, 0.2) is 11.5 Å². The van der Waals surface area contributed by atoms with Crippen molar-refractivity contribution in [1.29, 1.82) is 0 Å². The van der Waals surface area contributed by atoms with Gasteiger partial charge < -0.3 is 20.1 Å². The highest BCUT2D eigenvalue weighted by Gasteiger charge is 2.35. The van der Waals surface area contributed by atoms with Crippen LogP contribution in [0.4, 0.5) is 11.6 Å². The second-order valence-corrected chi connectivity index (χ2v) is 12.7. The molecule has 0 radical (unpaired) electrons. The van der Waals surface area contributed by atoms with Crippen LogP contribution in [0.25, 0.3) is 0 Å². The van der Waals surface area contributed by atoms with Gasteiger partial charge in [0.05, 0.1) is 12.2 Å². The third-order valence-corrected chi connectivity index (χ3v) is 9.40. The molecule has 0 fully saturated rings. The van der Waals surface area contributed by atoms with Crippen LogP contribution >= 0.6 is 46.6 Å². The maximum Gasteiger partial charge on any atom is 0.255 e. The Bertz CT molecular complexity index is 1930. The number of thioether (sulfide) groups is 1. The fourth-order valence-electron chi connectivity index (χ4n) is 5.17. The van der Waals surface area contributed by atoms with Crippen LogP contribution in [0.5, 0.6) is 11.5 Å². The lowest BCUT2D eigenvalue weighted by Gasteiger charge is -2.29. The van der Waals surface area contributed by atoms with E-state index in [1.807, 2.05) is 86.6 Å². The van der Waals surface area contributed by atoms with Crippen molar-refractivity contribution in [3.63, 3.8) is 0 Å². The molecule has 0 saturated carbocycles. The zero-order valence-corrected chi connectivity index (χ0v) is 28.6. The number of para-hydroxylation sites is 1. The number of ether oxygens (including phenoxy) is 2. The molecule has 1 aromatic heterocycles. The number of anilines is 2.